The minimum absolute atomic E-state index is 0. The third-order valence-corrected chi connectivity index (χ3v) is 8.62. The van der Waals surface area contributed by atoms with E-state index in [-0.39, 0.29) is 36.3 Å². The molecule has 3 aromatic rings. The smallest absolute Gasteiger partial charge is 0.224 e. The number of aliphatic hydroxyl groups excluding tert-OH is 1. The summed E-state index contributed by atoms with van der Waals surface area (Å²) >= 11 is 0. The summed E-state index contributed by atoms with van der Waals surface area (Å²) in [5.74, 6) is 1.70. The molecule has 2 unspecified atom stereocenters. The number of fused-ring (bicyclic) bond motifs is 2. The molecule has 47 heavy (non-hydrogen) atoms. The number of carbonyl (C=O) groups is 1. The van der Waals surface area contributed by atoms with Gasteiger partial charge in [-0.2, -0.15) is 0 Å². The minimum Gasteiger partial charge on any atom is -0.457 e. The summed E-state index contributed by atoms with van der Waals surface area (Å²) < 4.78 is 11.5. The van der Waals surface area contributed by atoms with Crippen LogP contribution < -0.4 is 21.1 Å². The highest BCUT2D eigenvalue weighted by Gasteiger charge is 2.42. The first-order valence-corrected chi connectivity index (χ1v) is 16.3. The quantitative estimate of drug-likeness (QED) is 0.209. The lowest BCUT2D eigenvalue weighted by molar-refractivity contribution is -0.125. The molecule has 2 aliphatic heterocycles. The molecule has 5 rings (SSSR count). The number of piperidine rings is 1. The number of methoxy groups -OCH3 is 1. The molecule has 2 aliphatic rings. The van der Waals surface area contributed by atoms with Gasteiger partial charge >= 0.3 is 0 Å². The van der Waals surface area contributed by atoms with Crippen LogP contribution in [0, 0.1) is 33.6 Å². The highest BCUT2D eigenvalue weighted by atomic mass is 19.0. The fourth-order valence-corrected chi connectivity index (χ4v) is 6.20. The maximum atomic E-state index is 13.1. The van der Waals surface area contributed by atoms with E-state index in [0.717, 1.165) is 68.6 Å². The zero-order chi connectivity index (χ0) is 33.4. The monoisotopic (exact) mass is 661 g/mol. The van der Waals surface area contributed by atoms with E-state index in [4.69, 9.17) is 20.3 Å². The molecule has 3 aromatic carbocycles. The predicted octanol–water partition coefficient (Wildman–Crippen LogP) is 6.32. The third-order valence-electron chi connectivity index (χ3n) is 8.62. The summed E-state index contributed by atoms with van der Waals surface area (Å²) in [6.45, 7) is 15.3. The van der Waals surface area contributed by atoms with Gasteiger partial charge in [-0.05, 0) is 82.2 Å². The Morgan fingerprint density at radius 3 is 2.02 bits per heavy atom. The Balaban J connectivity index is -0.00000101. The van der Waals surface area contributed by atoms with Crippen LogP contribution in [0.3, 0.4) is 0 Å². The van der Waals surface area contributed by atoms with E-state index in [9.17, 15) is 4.79 Å². The van der Waals surface area contributed by atoms with Gasteiger partial charge in [0.25, 0.3) is 0 Å². The van der Waals surface area contributed by atoms with Gasteiger partial charge < -0.3 is 36.4 Å². The molecule has 0 aromatic heterocycles. The van der Waals surface area contributed by atoms with Gasteiger partial charge in [0.2, 0.25) is 5.91 Å². The number of nitrogens with two attached hydrogens (primary N) is 1. The number of hydrogen-bond donors (Lipinski definition) is 4. The van der Waals surface area contributed by atoms with Crippen LogP contribution in [-0.2, 0) is 14.9 Å². The molecule has 268 valence electrons. The molecule has 1 saturated heterocycles. The van der Waals surface area contributed by atoms with Crippen LogP contribution >= 0.6 is 0 Å². The number of carbonyl (C=O) groups excluding carboxylic acids is 1. The van der Waals surface area contributed by atoms with Gasteiger partial charge in [0.1, 0.15) is 11.5 Å². The number of unbranched alkanes of at least 4 members (excludes halogenated alkanes) is 1. The van der Waals surface area contributed by atoms with Gasteiger partial charge in [0.05, 0.1) is 5.92 Å². The summed E-state index contributed by atoms with van der Waals surface area (Å²) in [5, 5.41) is 13.6. The molecule has 0 aliphatic carbocycles. The second-order valence-electron chi connectivity index (χ2n) is 11.7. The summed E-state index contributed by atoms with van der Waals surface area (Å²) in [4.78, 5) is 13.1. The largest absolute Gasteiger partial charge is 0.457 e. The number of amides is 1. The number of ether oxygens (including phenoxy) is 2. The highest BCUT2D eigenvalue weighted by molar-refractivity contribution is 5.79. The number of benzene rings is 3. The predicted molar refractivity (Wildman–Crippen MR) is 197 cm³/mol. The van der Waals surface area contributed by atoms with Crippen molar-refractivity contribution < 1.29 is 32.4 Å². The van der Waals surface area contributed by atoms with Gasteiger partial charge in [-0.15, -0.1) is 0 Å². The number of para-hydroxylation sites is 2. The van der Waals surface area contributed by atoms with Crippen molar-refractivity contribution in [1.82, 2.24) is 10.6 Å². The molecule has 0 radical (unpaired) electrons. The average molecular weight is 662 g/mol. The Labute approximate surface area is 285 Å². The topological polar surface area (TPSA) is 137 Å². The van der Waals surface area contributed by atoms with Crippen molar-refractivity contribution in [2.45, 2.75) is 78.7 Å². The molecule has 0 bridgehead atoms. The van der Waals surface area contributed by atoms with Crippen LogP contribution in [0.2, 0.25) is 0 Å². The molecular formula is C38H64FN3O5. The van der Waals surface area contributed by atoms with Crippen molar-refractivity contribution in [3.63, 3.8) is 0 Å². The molecule has 7 N–H and O–H groups in total. The number of hydrogen-bond acceptors (Lipinski definition) is 6. The van der Waals surface area contributed by atoms with Crippen LogP contribution in [0.1, 0.15) is 75.8 Å². The fraction of sp³-hybridized carbons (Fsp3) is 0.500. The van der Waals surface area contributed by atoms with Crippen LogP contribution in [0.25, 0.3) is 0 Å². The van der Waals surface area contributed by atoms with Crippen LogP contribution in [0.4, 0.5) is 4.70 Å². The average Bonchev–Trinajstić information content (AvgIpc) is 3.06. The Morgan fingerprint density at radius 1 is 0.979 bits per heavy atom. The molecule has 1 amide bonds. The van der Waals surface area contributed by atoms with Crippen molar-refractivity contribution in [1.29, 1.82) is 0 Å². The molecule has 0 saturated carbocycles. The molecule has 8 nitrogen and oxygen atoms in total. The summed E-state index contributed by atoms with van der Waals surface area (Å²) in [6, 6.07) is 20.9. The van der Waals surface area contributed by atoms with E-state index in [1.165, 1.54) is 22.3 Å². The fourth-order valence-electron chi connectivity index (χ4n) is 6.20. The lowest BCUT2D eigenvalue weighted by Crippen LogP contribution is -2.51. The summed E-state index contributed by atoms with van der Waals surface area (Å²) in [7, 11) is 2.73. The summed E-state index contributed by atoms with van der Waals surface area (Å²) in [5.41, 5.74) is 13.6. The van der Waals surface area contributed by atoms with Gasteiger partial charge in [0.15, 0.2) is 0 Å². The van der Waals surface area contributed by atoms with Crippen LogP contribution in [-0.4, -0.2) is 63.0 Å². The maximum absolute atomic E-state index is 13.1. The van der Waals surface area contributed by atoms with Crippen molar-refractivity contribution in [3.05, 3.63) is 94.0 Å². The summed E-state index contributed by atoms with van der Waals surface area (Å²) in [6.07, 6.45) is 3.58. The third kappa shape index (κ3) is 11.7. The Hall–Kier alpha value is -3.34. The Kier molecular flexibility index (Phi) is 20.7. The van der Waals surface area contributed by atoms with E-state index in [0.29, 0.717) is 13.1 Å². The lowest BCUT2D eigenvalue weighted by Gasteiger charge is -2.41. The van der Waals surface area contributed by atoms with E-state index in [1.54, 1.807) is 7.11 Å². The normalized spacial score (nSPS) is 16.6. The number of aryl methyl sites for hydroxylation is 3. The molecule has 2 heterocycles. The van der Waals surface area contributed by atoms with Gasteiger partial charge in [-0.1, -0.05) is 67.9 Å². The highest BCUT2D eigenvalue weighted by Crippen LogP contribution is 2.50. The standard InChI is InChI=1S/C25H33N3O3.C10H14.C2H6.CH4O.FH.H2O.2H2/c1-30-13-7-6-12-25(17-28-24(29)18-14-19(26)16-27-15-18)20-8-2-4-10-22(20)31-23-11-5-3-9-21(23)25;1-7-5-8(2)10(4)9(3)6-7;2*1-2;;;;/h2-5,8-11,18-19,27H,6-7,12-17,26H2,1H3,(H,28,29);5-6H,1-4H3;1-2H3;2H,1H3;1H;1H2;2*1H. The number of aliphatic hydroxyl groups is 1. The molecule has 9 heteroatoms. The van der Waals surface area contributed by atoms with Gasteiger partial charge in [0, 0.05) is 65.9 Å². The first kappa shape index (κ1) is 43.7. The Morgan fingerprint density at radius 2 is 1.51 bits per heavy atom. The van der Waals surface area contributed by atoms with E-state index in [2.05, 4.69) is 62.6 Å². The van der Waals surface area contributed by atoms with Crippen molar-refractivity contribution in [2.75, 3.05) is 40.5 Å². The zero-order valence-electron chi connectivity index (χ0n) is 29.7. The number of rotatable bonds is 8. The number of halogens is 1. The maximum Gasteiger partial charge on any atom is 0.224 e. The molecular weight excluding hydrogens is 597 g/mol. The second-order valence-corrected chi connectivity index (χ2v) is 11.7. The van der Waals surface area contributed by atoms with Crippen molar-refractivity contribution in [3.8, 4) is 11.5 Å². The Bertz CT molecular complexity index is 1280. The number of nitrogens with one attached hydrogen (secondary N) is 2. The van der Waals surface area contributed by atoms with Crippen molar-refractivity contribution >= 4 is 5.91 Å². The second kappa shape index (κ2) is 22.3. The lowest BCUT2D eigenvalue weighted by atomic mass is 9.69. The van der Waals surface area contributed by atoms with E-state index >= 15 is 0 Å². The van der Waals surface area contributed by atoms with Gasteiger partial charge in [-0.25, -0.2) is 0 Å². The first-order chi connectivity index (χ1) is 21.7. The molecule has 2 atom stereocenters. The van der Waals surface area contributed by atoms with E-state index < -0.39 is 0 Å². The van der Waals surface area contributed by atoms with Crippen LogP contribution in [0.15, 0.2) is 60.7 Å². The molecule has 1 fully saturated rings. The van der Waals surface area contributed by atoms with Crippen LogP contribution in [0.5, 0.6) is 11.5 Å². The van der Waals surface area contributed by atoms with Crippen molar-refractivity contribution in [2.24, 2.45) is 11.7 Å². The van der Waals surface area contributed by atoms with Gasteiger partial charge in [-0.3, -0.25) is 9.50 Å². The SMILES string of the molecule is CC.CO.COCCCCC1(CNC(=O)C2CNCC(N)C2)c2ccccc2Oc2ccccc21.Cc1cc(C)c(C)c(C)c1.F.O.[HH].[HH]. The molecule has 0 spiro atoms. The minimum atomic E-state index is -0.348. The zero-order valence-corrected chi connectivity index (χ0v) is 29.7. The van der Waals surface area contributed by atoms with E-state index in [1.807, 2.05) is 50.2 Å². The first-order valence-electron chi connectivity index (χ1n) is 16.3.